The molecule has 1 fully saturated rings. The van der Waals surface area contributed by atoms with Gasteiger partial charge < -0.3 is 19.4 Å². The summed E-state index contributed by atoms with van der Waals surface area (Å²) in [6.07, 6.45) is 3.83. The van der Waals surface area contributed by atoms with Gasteiger partial charge in [0.05, 0.1) is 11.7 Å². The minimum Gasteiger partial charge on any atom is -0.452 e. The van der Waals surface area contributed by atoms with E-state index in [1.54, 1.807) is 6.20 Å². The van der Waals surface area contributed by atoms with Gasteiger partial charge in [-0.1, -0.05) is 18.2 Å². The van der Waals surface area contributed by atoms with E-state index in [0.29, 0.717) is 12.1 Å². The number of nitrogens with one attached hydrogen (secondary N) is 1. The Bertz CT molecular complexity index is 732. The molecule has 1 amide bonds. The molecule has 0 saturated carbocycles. The van der Waals surface area contributed by atoms with Crippen molar-refractivity contribution in [2.24, 2.45) is 0 Å². The highest BCUT2D eigenvalue weighted by molar-refractivity contribution is 6.04. The van der Waals surface area contributed by atoms with Crippen LogP contribution in [0.3, 0.4) is 0 Å². The van der Waals surface area contributed by atoms with E-state index in [1.165, 1.54) is 0 Å². The Labute approximate surface area is 140 Å². The minimum atomic E-state index is -0.481. The Balaban J connectivity index is 1.58. The summed E-state index contributed by atoms with van der Waals surface area (Å²) < 4.78 is 12.6. The van der Waals surface area contributed by atoms with E-state index >= 15 is 0 Å². The SMILES string of the molecule is CCn1cc(C(=O)OCC(=O)NC[C@@H]2CCCO2)c2ccccc21. The Morgan fingerprint density at radius 2 is 2.21 bits per heavy atom. The first kappa shape index (κ1) is 16.5. The van der Waals surface area contributed by atoms with Crippen molar-refractivity contribution in [1.29, 1.82) is 0 Å². The molecule has 6 nitrogen and oxygen atoms in total. The molecule has 3 rings (SSSR count). The van der Waals surface area contributed by atoms with Crippen LogP contribution in [0, 0.1) is 0 Å². The zero-order valence-electron chi connectivity index (χ0n) is 13.8. The molecule has 0 aliphatic carbocycles. The van der Waals surface area contributed by atoms with Crippen molar-refractivity contribution in [3.05, 3.63) is 36.0 Å². The third kappa shape index (κ3) is 3.59. The quantitative estimate of drug-likeness (QED) is 0.824. The van der Waals surface area contributed by atoms with Gasteiger partial charge >= 0.3 is 5.97 Å². The molecule has 2 heterocycles. The number of hydrogen-bond acceptors (Lipinski definition) is 4. The lowest BCUT2D eigenvalue weighted by atomic mass is 10.2. The van der Waals surface area contributed by atoms with Crippen LogP contribution in [-0.2, 0) is 20.8 Å². The highest BCUT2D eigenvalue weighted by Crippen LogP contribution is 2.22. The summed E-state index contributed by atoms with van der Waals surface area (Å²) in [4.78, 5) is 24.1. The number of carbonyl (C=O) groups excluding carboxylic acids is 2. The van der Waals surface area contributed by atoms with Gasteiger partial charge in [0.15, 0.2) is 6.61 Å². The molecule has 1 aliphatic rings. The molecular weight excluding hydrogens is 308 g/mol. The summed E-state index contributed by atoms with van der Waals surface area (Å²) in [5.41, 5.74) is 1.47. The van der Waals surface area contributed by atoms with Gasteiger partial charge in [-0.2, -0.15) is 0 Å². The summed E-state index contributed by atoms with van der Waals surface area (Å²) in [7, 11) is 0. The van der Waals surface area contributed by atoms with E-state index in [-0.39, 0.29) is 18.6 Å². The van der Waals surface area contributed by atoms with Crippen LogP contribution in [0.5, 0.6) is 0 Å². The van der Waals surface area contributed by atoms with Crippen LogP contribution in [0.2, 0.25) is 0 Å². The maximum atomic E-state index is 12.3. The summed E-state index contributed by atoms with van der Waals surface area (Å²) in [5.74, 6) is -0.788. The molecular formula is C18H22N2O4. The van der Waals surface area contributed by atoms with Crippen molar-refractivity contribution < 1.29 is 19.1 Å². The number of nitrogens with zero attached hydrogens (tertiary/aromatic N) is 1. The molecule has 0 unspecified atom stereocenters. The number of esters is 1. The van der Waals surface area contributed by atoms with Crippen molar-refractivity contribution in [2.75, 3.05) is 19.8 Å². The molecule has 128 valence electrons. The first-order valence-corrected chi connectivity index (χ1v) is 8.32. The number of para-hydroxylation sites is 1. The molecule has 1 atom stereocenters. The molecule has 6 heteroatoms. The average Bonchev–Trinajstić information content (AvgIpc) is 3.25. The minimum absolute atomic E-state index is 0.0761. The first-order chi connectivity index (χ1) is 11.7. The zero-order chi connectivity index (χ0) is 16.9. The zero-order valence-corrected chi connectivity index (χ0v) is 13.8. The van der Waals surface area contributed by atoms with E-state index in [1.807, 2.05) is 35.8 Å². The summed E-state index contributed by atoms with van der Waals surface area (Å²) >= 11 is 0. The van der Waals surface area contributed by atoms with E-state index in [4.69, 9.17) is 9.47 Å². The molecule has 24 heavy (non-hydrogen) atoms. The first-order valence-electron chi connectivity index (χ1n) is 8.32. The number of fused-ring (bicyclic) bond motifs is 1. The molecule has 1 aromatic carbocycles. The fourth-order valence-electron chi connectivity index (χ4n) is 2.96. The van der Waals surface area contributed by atoms with Gasteiger partial charge in [-0.05, 0) is 25.8 Å². The third-order valence-corrected chi connectivity index (χ3v) is 4.23. The average molecular weight is 330 g/mol. The molecule has 1 aromatic heterocycles. The normalized spacial score (nSPS) is 17.1. The van der Waals surface area contributed by atoms with Crippen LogP contribution in [0.15, 0.2) is 30.5 Å². The Kier molecular flexibility index (Phi) is 5.15. The number of aromatic nitrogens is 1. The second kappa shape index (κ2) is 7.49. The Hall–Kier alpha value is -2.34. The van der Waals surface area contributed by atoms with Gasteiger partial charge in [0.25, 0.3) is 5.91 Å². The largest absolute Gasteiger partial charge is 0.452 e. The number of amides is 1. The van der Waals surface area contributed by atoms with Crippen LogP contribution in [0.1, 0.15) is 30.1 Å². The second-order valence-electron chi connectivity index (χ2n) is 5.86. The number of benzene rings is 1. The van der Waals surface area contributed by atoms with Crippen molar-refractivity contribution in [3.8, 4) is 0 Å². The lowest BCUT2D eigenvalue weighted by Crippen LogP contribution is -2.34. The highest BCUT2D eigenvalue weighted by Gasteiger charge is 2.19. The van der Waals surface area contributed by atoms with Gasteiger partial charge in [0.1, 0.15) is 0 Å². The molecule has 0 radical (unpaired) electrons. The van der Waals surface area contributed by atoms with Crippen LogP contribution >= 0.6 is 0 Å². The smallest absolute Gasteiger partial charge is 0.340 e. The van der Waals surface area contributed by atoms with Gasteiger partial charge in [0, 0.05) is 36.8 Å². The van der Waals surface area contributed by atoms with Crippen molar-refractivity contribution in [1.82, 2.24) is 9.88 Å². The lowest BCUT2D eigenvalue weighted by molar-refractivity contribution is -0.124. The van der Waals surface area contributed by atoms with Crippen LogP contribution in [0.4, 0.5) is 0 Å². The van der Waals surface area contributed by atoms with Gasteiger partial charge in [-0.3, -0.25) is 4.79 Å². The van der Waals surface area contributed by atoms with E-state index in [0.717, 1.165) is 36.9 Å². The lowest BCUT2D eigenvalue weighted by Gasteiger charge is -2.10. The van der Waals surface area contributed by atoms with Gasteiger partial charge in [0.2, 0.25) is 0 Å². The Morgan fingerprint density at radius 1 is 1.38 bits per heavy atom. The predicted octanol–water partition coefficient (Wildman–Crippen LogP) is 2.11. The number of carbonyl (C=O) groups is 2. The standard InChI is InChI=1S/C18H22N2O4/c1-2-20-11-15(14-7-3-4-8-16(14)20)18(22)24-12-17(21)19-10-13-6-5-9-23-13/h3-4,7-8,11,13H,2,5-6,9-10,12H2,1H3,(H,19,21)/t13-/m0/s1. The molecule has 0 spiro atoms. The summed E-state index contributed by atoms with van der Waals surface area (Å²) in [5, 5.41) is 3.58. The maximum Gasteiger partial charge on any atom is 0.340 e. The maximum absolute atomic E-state index is 12.3. The molecule has 1 aliphatic heterocycles. The fourth-order valence-corrected chi connectivity index (χ4v) is 2.96. The van der Waals surface area contributed by atoms with E-state index in [2.05, 4.69) is 5.32 Å². The predicted molar refractivity (Wildman–Crippen MR) is 89.9 cm³/mol. The number of ether oxygens (including phenoxy) is 2. The van der Waals surface area contributed by atoms with E-state index < -0.39 is 5.97 Å². The molecule has 1 N–H and O–H groups in total. The number of hydrogen-bond donors (Lipinski definition) is 1. The number of aryl methyl sites for hydroxylation is 1. The van der Waals surface area contributed by atoms with Gasteiger partial charge in [-0.15, -0.1) is 0 Å². The highest BCUT2D eigenvalue weighted by atomic mass is 16.5. The second-order valence-corrected chi connectivity index (χ2v) is 5.86. The molecule has 0 bridgehead atoms. The third-order valence-electron chi connectivity index (χ3n) is 4.23. The van der Waals surface area contributed by atoms with E-state index in [9.17, 15) is 9.59 Å². The fraction of sp³-hybridized carbons (Fsp3) is 0.444. The van der Waals surface area contributed by atoms with Crippen LogP contribution in [-0.4, -0.2) is 42.3 Å². The number of rotatable bonds is 6. The summed E-state index contributed by atoms with van der Waals surface area (Å²) in [6, 6.07) is 7.66. The van der Waals surface area contributed by atoms with Crippen LogP contribution in [0.25, 0.3) is 10.9 Å². The van der Waals surface area contributed by atoms with Crippen LogP contribution < -0.4 is 5.32 Å². The molecule has 2 aromatic rings. The van der Waals surface area contributed by atoms with Crippen molar-refractivity contribution in [3.63, 3.8) is 0 Å². The topological polar surface area (TPSA) is 69.6 Å². The summed E-state index contributed by atoms with van der Waals surface area (Å²) in [6.45, 7) is 3.70. The Morgan fingerprint density at radius 3 is 2.96 bits per heavy atom. The monoisotopic (exact) mass is 330 g/mol. The van der Waals surface area contributed by atoms with Gasteiger partial charge in [-0.25, -0.2) is 4.79 Å². The molecule has 1 saturated heterocycles. The van der Waals surface area contributed by atoms with Crippen molar-refractivity contribution >= 4 is 22.8 Å². The van der Waals surface area contributed by atoms with Crippen molar-refractivity contribution in [2.45, 2.75) is 32.4 Å².